The molecule has 1 fully saturated rings. The van der Waals surface area contributed by atoms with Gasteiger partial charge in [0.15, 0.2) is 5.78 Å². The lowest BCUT2D eigenvalue weighted by Gasteiger charge is -2.27. The van der Waals surface area contributed by atoms with Crippen LogP contribution in [-0.2, 0) is 0 Å². The van der Waals surface area contributed by atoms with Crippen molar-refractivity contribution in [3.63, 3.8) is 0 Å². The summed E-state index contributed by atoms with van der Waals surface area (Å²) >= 11 is 0. The summed E-state index contributed by atoms with van der Waals surface area (Å²) in [6.07, 6.45) is 5.11. The molecule has 1 aromatic carbocycles. The van der Waals surface area contributed by atoms with Gasteiger partial charge in [0.2, 0.25) is 0 Å². The fraction of sp³-hybridized carbons (Fsp3) is 0.562. The van der Waals surface area contributed by atoms with Gasteiger partial charge in [-0.1, -0.05) is 25.8 Å². The van der Waals surface area contributed by atoms with E-state index < -0.39 is 0 Å². The summed E-state index contributed by atoms with van der Waals surface area (Å²) in [6, 6.07) is 5.50. The van der Waals surface area contributed by atoms with Crippen LogP contribution >= 0.6 is 0 Å². The lowest BCUT2D eigenvalue weighted by atomic mass is 9.76. The molecule has 0 radical (unpaired) electrons. The van der Waals surface area contributed by atoms with Crippen molar-refractivity contribution in [2.24, 2.45) is 5.41 Å². The molecule has 0 spiro atoms. The Labute approximate surface area is 114 Å². The van der Waals surface area contributed by atoms with E-state index in [0.29, 0.717) is 17.1 Å². The minimum Gasteiger partial charge on any atom is -0.496 e. The average molecular weight is 262 g/mol. The number of methoxy groups -OCH3 is 2. The highest BCUT2D eigenvalue weighted by molar-refractivity contribution is 6.05. The number of rotatable bonds is 5. The summed E-state index contributed by atoms with van der Waals surface area (Å²) < 4.78 is 10.7. The number of ketones is 1. The molecule has 0 aliphatic heterocycles. The standard InChI is InChI=1S/C16H22O3/c1-4-16(10-5-6-11-16)15(17)14-12(18-2)8-7-9-13(14)19-3/h7-9H,4-6,10-11H2,1-3H3. The first-order valence-electron chi connectivity index (χ1n) is 6.94. The Kier molecular flexibility index (Phi) is 4.13. The van der Waals surface area contributed by atoms with E-state index in [1.165, 1.54) is 0 Å². The maximum absolute atomic E-state index is 13.0. The molecule has 2 rings (SSSR count). The van der Waals surface area contributed by atoms with Gasteiger partial charge in [-0.3, -0.25) is 4.79 Å². The maximum atomic E-state index is 13.0. The summed E-state index contributed by atoms with van der Waals surface area (Å²) in [5.41, 5.74) is 0.387. The highest BCUT2D eigenvalue weighted by Crippen LogP contribution is 2.46. The van der Waals surface area contributed by atoms with Crippen LogP contribution in [0.3, 0.4) is 0 Å². The van der Waals surface area contributed by atoms with Gasteiger partial charge in [0.05, 0.1) is 14.2 Å². The van der Waals surface area contributed by atoms with Gasteiger partial charge in [-0.15, -0.1) is 0 Å². The zero-order valence-electron chi connectivity index (χ0n) is 12.0. The van der Waals surface area contributed by atoms with Crippen LogP contribution in [0.15, 0.2) is 18.2 Å². The van der Waals surface area contributed by atoms with Crippen molar-refractivity contribution in [1.82, 2.24) is 0 Å². The fourth-order valence-electron chi connectivity index (χ4n) is 3.13. The van der Waals surface area contributed by atoms with Crippen LogP contribution in [0.4, 0.5) is 0 Å². The summed E-state index contributed by atoms with van der Waals surface area (Å²) in [6.45, 7) is 2.10. The van der Waals surface area contributed by atoms with E-state index in [0.717, 1.165) is 32.1 Å². The highest BCUT2D eigenvalue weighted by atomic mass is 16.5. The Morgan fingerprint density at radius 3 is 2.11 bits per heavy atom. The van der Waals surface area contributed by atoms with Crippen molar-refractivity contribution in [2.75, 3.05) is 14.2 Å². The SMILES string of the molecule is CCC1(C(=O)c2c(OC)cccc2OC)CCCC1. The molecule has 1 aliphatic rings. The number of ether oxygens (including phenoxy) is 2. The lowest BCUT2D eigenvalue weighted by molar-refractivity contribution is 0.0784. The van der Waals surface area contributed by atoms with E-state index in [-0.39, 0.29) is 11.2 Å². The minimum absolute atomic E-state index is 0.182. The van der Waals surface area contributed by atoms with E-state index >= 15 is 0 Å². The number of benzene rings is 1. The maximum Gasteiger partial charge on any atom is 0.176 e. The van der Waals surface area contributed by atoms with Gasteiger partial charge in [0, 0.05) is 5.41 Å². The van der Waals surface area contributed by atoms with E-state index in [1.807, 2.05) is 18.2 Å². The lowest BCUT2D eigenvalue weighted by Crippen LogP contribution is -2.28. The average Bonchev–Trinajstić information content (AvgIpc) is 2.95. The smallest absolute Gasteiger partial charge is 0.176 e. The van der Waals surface area contributed by atoms with E-state index in [4.69, 9.17) is 9.47 Å². The molecule has 1 aromatic rings. The molecule has 0 bridgehead atoms. The third-order valence-corrected chi connectivity index (χ3v) is 4.37. The van der Waals surface area contributed by atoms with Crippen molar-refractivity contribution >= 4 is 5.78 Å². The number of Topliss-reactive ketones (excluding diaryl/α,β-unsaturated/α-hetero) is 1. The summed E-state index contributed by atoms with van der Waals surface area (Å²) in [5.74, 6) is 1.41. The molecule has 19 heavy (non-hydrogen) atoms. The first-order chi connectivity index (χ1) is 9.18. The highest BCUT2D eigenvalue weighted by Gasteiger charge is 2.41. The van der Waals surface area contributed by atoms with E-state index in [2.05, 4.69) is 6.92 Å². The van der Waals surface area contributed by atoms with Crippen LogP contribution in [-0.4, -0.2) is 20.0 Å². The Bertz CT molecular complexity index is 437. The minimum atomic E-state index is -0.220. The summed E-state index contributed by atoms with van der Waals surface area (Å²) in [7, 11) is 3.19. The van der Waals surface area contributed by atoms with Crippen LogP contribution in [0.5, 0.6) is 11.5 Å². The largest absolute Gasteiger partial charge is 0.496 e. The molecule has 0 amide bonds. The second-order valence-electron chi connectivity index (χ2n) is 5.21. The zero-order valence-corrected chi connectivity index (χ0v) is 12.0. The van der Waals surface area contributed by atoms with Crippen LogP contribution in [0.25, 0.3) is 0 Å². The first kappa shape index (κ1) is 13.9. The fourth-order valence-corrected chi connectivity index (χ4v) is 3.13. The Balaban J connectivity index is 2.48. The molecule has 0 saturated heterocycles. The Morgan fingerprint density at radius 1 is 1.16 bits per heavy atom. The van der Waals surface area contributed by atoms with Gasteiger partial charge in [-0.25, -0.2) is 0 Å². The van der Waals surface area contributed by atoms with Crippen LogP contribution < -0.4 is 9.47 Å². The summed E-state index contributed by atoms with van der Waals surface area (Å²) in [4.78, 5) is 13.0. The van der Waals surface area contributed by atoms with Gasteiger partial charge in [-0.2, -0.15) is 0 Å². The molecule has 1 aliphatic carbocycles. The van der Waals surface area contributed by atoms with Gasteiger partial charge < -0.3 is 9.47 Å². The van der Waals surface area contributed by atoms with Crippen molar-refractivity contribution < 1.29 is 14.3 Å². The van der Waals surface area contributed by atoms with E-state index in [9.17, 15) is 4.79 Å². The van der Waals surface area contributed by atoms with Gasteiger partial charge in [0.25, 0.3) is 0 Å². The molecule has 0 unspecified atom stereocenters. The molecule has 104 valence electrons. The molecule has 0 aromatic heterocycles. The van der Waals surface area contributed by atoms with Gasteiger partial charge in [0.1, 0.15) is 17.1 Å². The normalized spacial score (nSPS) is 17.2. The van der Waals surface area contributed by atoms with Crippen LogP contribution in [0.1, 0.15) is 49.4 Å². The third kappa shape index (κ3) is 2.34. The molecule has 0 atom stereocenters. The number of carbonyl (C=O) groups is 1. The van der Waals surface area contributed by atoms with Crippen molar-refractivity contribution in [3.8, 4) is 11.5 Å². The molecular formula is C16H22O3. The molecule has 3 nitrogen and oxygen atoms in total. The monoisotopic (exact) mass is 262 g/mol. The first-order valence-corrected chi connectivity index (χ1v) is 6.94. The Hall–Kier alpha value is -1.51. The number of carbonyl (C=O) groups excluding carboxylic acids is 1. The van der Waals surface area contributed by atoms with Gasteiger partial charge in [-0.05, 0) is 31.4 Å². The molecule has 0 heterocycles. The van der Waals surface area contributed by atoms with Crippen molar-refractivity contribution in [3.05, 3.63) is 23.8 Å². The van der Waals surface area contributed by atoms with Crippen molar-refractivity contribution in [2.45, 2.75) is 39.0 Å². The predicted molar refractivity (Wildman–Crippen MR) is 75.1 cm³/mol. The zero-order chi connectivity index (χ0) is 13.9. The summed E-state index contributed by atoms with van der Waals surface area (Å²) in [5, 5.41) is 0. The van der Waals surface area contributed by atoms with Gasteiger partial charge >= 0.3 is 0 Å². The third-order valence-electron chi connectivity index (χ3n) is 4.37. The molecular weight excluding hydrogens is 240 g/mol. The topological polar surface area (TPSA) is 35.5 Å². The number of hydrogen-bond donors (Lipinski definition) is 0. The predicted octanol–water partition coefficient (Wildman–Crippen LogP) is 3.86. The van der Waals surface area contributed by atoms with Crippen LogP contribution in [0, 0.1) is 5.41 Å². The second kappa shape index (κ2) is 5.64. The van der Waals surface area contributed by atoms with E-state index in [1.54, 1.807) is 14.2 Å². The van der Waals surface area contributed by atoms with Crippen molar-refractivity contribution in [1.29, 1.82) is 0 Å². The molecule has 1 saturated carbocycles. The quantitative estimate of drug-likeness (QED) is 0.756. The second-order valence-corrected chi connectivity index (χ2v) is 5.21. The van der Waals surface area contributed by atoms with Crippen LogP contribution in [0.2, 0.25) is 0 Å². The molecule has 3 heteroatoms. The number of hydrogen-bond acceptors (Lipinski definition) is 3. The Morgan fingerprint density at radius 2 is 1.68 bits per heavy atom. The molecule has 0 N–H and O–H groups in total.